The third kappa shape index (κ3) is 5.76. The molecule has 0 aromatic carbocycles. The molecule has 33 heavy (non-hydrogen) atoms. The Morgan fingerprint density at radius 3 is 2.73 bits per heavy atom. The second kappa shape index (κ2) is 10.5. The first-order valence-corrected chi connectivity index (χ1v) is 13.5. The maximum absolute atomic E-state index is 13.4. The fourth-order valence-electron chi connectivity index (χ4n) is 5.95. The van der Waals surface area contributed by atoms with Gasteiger partial charge in [-0.2, -0.15) is 0 Å². The minimum absolute atomic E-state index is 0.00287. The van der Waals surface area contributed by atoms with E-state index in [4.69, 9.17) is 0 Å². The van der Waals surface area contributed by atoms with Crippen LogP contribution in [0.2, 0.25) is 0 Å². The summed E-state index contributed by atoms with van der Waals surface area (Å²) in [6, 6.07) is 0.268. The number of amides is 3. The molecule has 3 saturated heterocycles. The lowest BCUT2D eigenvalue weighted by molar-refractivity contribution is -0.141. The standard InChI is InChI=1S/C25H38N4O3S/c1-16(2)20-8-7-17(3)9-24(31)29-12-18-10-19(22(29)5-4-6-23(30)27-20)13-28(11-18)25(32)21-14-33-15-26-21/h14-20,22H,4-13H2,1-3H3,(H,27,30)/t17-,18+,19+,20+,22+/m1/s1. The van der Waals surface area contributed by atoms with E-state index in [0.717, 1.165) is 32.1 Å². The maximum Gasteiger partial charge on any atom is 0.273 e. The average molecular weight is 475 g/mol. The summed E-state index contributed by atoms with van der Waals surface area (Å²) in [7, 11) is 0. The highest BCUT2D eigenvalue weighted by Crippen LogP contribution is 2.37. The molecule has 3 aliphatic rings. The van der Waals surface area contributed by atoms with Crippen LogP contribution in [-0.2, 0) is 9.59 Å². The highest BCUT2D eigenvalue weighted by atomic mass is 32.1. The summed E-state index contributed by atoms with van der Waals surface area (Å²) in [5.74, 6) is 1.62. The minimum Gasteiger partial charge on any atom is -0.353 e. The average Bonchev–Trinajstić information content (AvgIpc) is 3.31. The van der Waals surface area contributed by atoms with E-state index in [1.807, 2.05) is 10.3 Å². The normalized spacial score (nSPS) is 31.8. The van der Waals surface area contributed by atoms with Crippen LogP contribution in [0.25, 0.3) is 0 Å². The number of hydrogen-bond acceptors (Lipinski definition) is 5. The summed E-state index contributed by atoms with van der Waals surface area (Å²) < 4.78 is 0. The van der Waals surface area contributed by atoms with Crippen molar-refractivity contribution in [2.45, 2.75) is 77.8 Å². The number of thiazole rings is 1. The SMILES string of the molecule is CC(C)[C@@H]1CC[C@@H](C)CC(=O)N2C[C@H]3C[C@@H](CN(C(=O)c4cscn4)C3)[C@@H]2CCCC(=O)N1. The van der Waals surface area contributed by atoms with Gasteiger partial charge >= 0.3 is 0 Å². The molecule has 0 unspecified atom stereocenters. The van der Waals surface area contributed by atoms with Gasteiger partial charge in [0.15, 0.2) is 0 Å². The van der Waals surface area contributed by atoms with Gasteiger partial charge in [-0.25, -0.2) is 4.98 Å². The zero-order valence-corrected chi connectivity index (χ0v) is 21.0. The van der Waals surface area contributed by atoms with Gasteiger partial charge in [-0.15, -0.1) is 11.3 Å². The van der Waals surface area contributed by atoms with Crippen molar-refractivity contribution in [1.82, 2.24) is 20.1 Å². The Balaban J connectivity index is 1.50. The van der Waals surface area contributed by atoms with E-state index in [1.54, 1.807) is 5.51 Å². The van der Waals surface area contributed by atoms with Gasteiger partial charge in [0, 0.05) is 49.9 Å². The van der Waals surface area contributed by atoms with Crippen LogP contribution in [0.4, 0.5) is 0 Å². The maximum atomic E-state index is 13.4. The number of nitrogens with zero attached hydrogens (tertiary/aromatic N) is 3. The number of carbonyl (C=O) groups is 3. The van der Waals surface area contributed by atoms with E-state index in [-0.39, 0.29) is 35.7 Å². The Bertz CT molecular complexity index is 843. The molecule has 1 aromatic rings. The third-order valence-corrected chi connectivity index (χ3v) is 8.36. The monoisotopic (exact) mass is 474 g/mol. The lowest BCUT2D eigenvalue weighted by Crippen LogP contribution is -2.60. The van der Waals surface area contributed by atoms with Gasteiger partial charge in [-0.1, -0.05) is 20.8 Å². The largest absolute Gasteiger partial charge is 0.353 e. The lowest BCUT2D eigenvalue weighted by atomic mass is 9.77. The van der Waals surface area contributed by atoms with Gasteiger partial charge < -0.3 is 15.1 Å². The van der Waals surface area contributed by atoms with Crippen molar-refractivity contribution in [3.8, 4) is 0 Å². The van der Waals surface area contributed by atoms with Crippen molar-refractivity contribution >= 4 is 29.1 Å². The molecule has 8 heteroatoms. The summed E-state index contributed by atoms with van der Waals surface area (Å²) in [6.45, 7) is 8.53. The van der Waals surface area contributed by atoms with Gasteiger partial charge in [-0.05, 0) is 55.8 Å². The van der Waals surface area contributed by atoms with E-state index in [2.05, 4.69) is 36.0 Å². The number of rotatable bonds is 2. The molecule has 3 amide bonds. The predicted molar refractivity (Wildman–Crippen MR) is 129 cm³/mol. The summed E-state index contributed by atoms with van der Waals surface area (Å²) in [5, 5.41) is 5.05. The fraction of sp³-hybridized carbons (Fsp3) is 0.760. The molecule has 182 valence electrons. The summed E-state index contributed by atoms with van der Waals surface area (Å²) in [4.78, 5) is 47.3. The second-order valence-electron chi connectivity index (χ2n) is 10.8. The quantitative estimate of drug-likeness (QED) is 0.710. The van der Waals surface area contributed by atoms with Gasteiger partial charge in [0.1, 0.15) is 5.69 Å². The van der Waals surface area contributed by atoms with E-state index < -0.39 is 0 Å². The molecular formula is C25H38N4O3S. The zero-order valence-electron chi connectivity index (χ0n) is 20.2. The first kappa shape index (κ1) is 24.2. The number of carbonyl (C=O) groups excluding carboxylic acids is 3. The minimum atomic E-state index is 0.00287. The molecule has 0 radical (unpaired) electrons. The summed E-state index contributed by atoms with van der Waals surface area (Å²) >= 11 is 1.44. The van der Waals surface area contributed by atoms with Gasteiger partial charge in [0.05, 0.1) is 5.51 Å². The van der Waals surface area contributed by atoms with E-state index >= 15 is 0 Å². The Morgan fingerprint density at radius 1 is 1.18 bits per heavy atom. The Hall–Kier alpha value is -1.96. The van der Waals surface area contributed by atoms with Crippen LogP contribution in [0.3, 0.4) is 0 Å². The number of aromatic nitrogens is 1. The first-order valence-electron chi connectivity index (χ1n) is 12.6. The Labute approximate surface area is 201 Å². The van der Waals surface area contributed by atoms with Crippen LogP contribution < -0.4 is 5.32 Å². The predicted octanol–water partition coefficient (Wildman–Crippen LogP) is 3.56. The molecule has 1 aromatic heterocycles. The molecule has 7 nitrogen and oxygen atoms in total. The number of nitrogens with one attached hydrogen (secondary N) is 1. The highest BCUT2D eigenvalue weighted by Gasteiger charge is 2.44. The molecule has 1 N–H and O–H groups in total. The molecule has 0 saturated carbocycles. The Morgan fingerprint density at radius 2 is 2.00 bits per heavy atom. The zero-order chi connectivity index (χ0) is 23.5. The smallest absolute Gasteiger partial charge is 0.273 e. The van der Waals surface area contributed by atoms with Crippen LogP contribution in [0.1, 0.15) is 76.2 Å². The summed E-state index contributed by atoms with van der Waals surface area (Å²) in [6.07, 6.45) is 5.55. The van der Waals surface area contributed by atoms with Crippen molar-refractivity contribution in [1.29, 1.82) is 0 Å². The molecule has 3 aliphatic heterocycles. The van der Waals surface area contributed by atoms with Crippen molar-refractivity contribution in [2.24, 2.45) is 23.7 Å². The van der Waals surface area contributed by atoms with Crippen molar-refractivity contribution in [3.63, 3.8) is 0 Å². The molecule has 4 rings (SSSR count). The molecule has 3 fully saturated rings. The van der Waals surface area contributed by atoms with Gasteiger partial charge in [-0.3, -0.25) is 14.4 Å². The van der Waals surface area contributed by atoms with Crippen molar-refractivity contribution < 1.29 is 14.4 Å². The summed E-state index contributed by atoms with van der Waals surface area (Å²) in [5.41, 5.74) is 2.22. The molecule has 0 aliphatic carbocycles. The van der Waals surface area contributed by atoms with Crippen LogP contribution >= 0.6 is 11.3 Å². The molecule has 0 spiro atoms. The van der Waals surface area contributed by atoms with E-state index in [9.17, 15) is 14.4 Å². The van der Waals surface area contributed by atoms with E-state index in [1.165, 1.54) is 11.3 Å². The van der Waals surface area contributed by atoms with Gasteiger partial charge in [0.25, 0.3) is 5.91 Å². The second-order valence-corrected chi connectivity index (χ2v) is 11.5. The molecule has 4 heterocycles. The molecular weight excluding hydrogens is 436 g/mol. The van der Waals surface area contributed by atoms with Crippen LogP contribution in [0.5, 0.6) is 0 Å². The topological polar surface area (TPSA) is 82.6 Å². The van der Waals surface area contributed by atoms with Crippen molar-refractivity contribution in [3.05, 3.63) is 16.6 Å². The number of likely N-dealkylation sites (tertiary alicyclic amines) is 1. The molecule has 5 atom stereocenters. The number of hydrogen-bond donors (Lipinski definition) is 1. The third-order valence-electron chi connectivity index (χ3n) is 7.78. The van der Waals surface area contributed by atoms with Crippen LogP contribution in [0.15, 0.2) is 10.9 Å². The Kier molecular flexibility index (Phi) is 7.72. The van der Waals surface area contributed by atoms with Gasteiger partial charge in [0.2, 0.25) is 11.8 Å². The number of piperidine rings is 2. The molecule has 2 bridgehead atoms. The number of fused-ring (bicyclic) bond motifs is 4. The van der Waals surface area contributed by atoms with E-state index in [0.29, 0.717) is 55.9 Å². The van der Waals surface area contributed by atoms with Crippen molar-refractivity contribution in [2.75, 3.05) is 19.6 Å². The highest BCUT2D eigenvalue weighted by molar-refractivity contribution is 7.07. The first-order chi connectivity index (χ1) is 15.8. The fourth-order valence-corrected chi connectivity index (χ4v) is 6.48. The lowest BCUT2D eigenvalue weighted by Gasteiger charge is -2.51. The van der Waals surface area contributed by atoms with Crippen LogP contribution in [-0.4, -0.2) is 64.2 Å². The van der Waals surface area contributed by atoms with Crippen LogP contribution in [0, 0.1) is 23.7 Å².